The first-order valence-corrected chi connectivity index (χ1v) is 9.51. The van der Waals surface area contributed by atoms with E-state index in [2.05, 4.69) is 53.3 Å². The Morgan fingerprint density at radius 2 is 2.14 bits per heavy atom. The lowest BCUT2D eigenvalue weighted by Crippen LogP contribution is -2.32. The standard InChI is InChI=1S/C18H27BrClN/c1-3-10-21-18(14-7-5-6-13(4-2)11-14)15-8-9-16(19)17(20)12-15/h8-9,12-14,18,21H,3-7,10-11H2,1-2H3. The molecule has 0 amide bonds. The highest BCUT2D eigenvalue weighted by molar-refractivity contribution is 9.10. The van der Waals surface area contributed by atoms with Gasteiger partial charge >= 0.3 is 0 Å². The predicted octanol–water partition coefficient (Wildman–Crippen LogP) is 6.36. The summed E-state index contributed by atoms with van der Waals surface area (Å²) < 4.78 is 0.984. The molecule has 1 fully saturated rings. The van der Waals surface area contributed by atoms with Crippen LogP contribution in [0.1, 0.15) is 64.0 Å². The smallest absolute Gasteiger partial charge is 0.0551 e. The van der Waals surface area contributed by atoms with Gasteiger partial charge in [-0.3, -0.25) is 0 Å². The summed E-state index contributed by atoms with van der Waals surface area (Å²) in [6, 6.07) is 6.89. The van der Waals surface area contributed by atoms with Crippen LogP contribution in [0.15, 0.2) is 22.7 Å². The van der Waals surface area contributed by atoms with Crippen LogP contribution in [0.5, 0.6) is 0 Å². The van der Waals surface area contributed by atoms with Crippen molar-refractivity contribution in [2.24, 2.45) is 11.8 Å². The van der Waals surface area contributed by atoms with Gasteiger partial charge in [-0.25, -0.2) is 0 Å². The van der Waals surface area contributed by atoms with Crippen molar-refractivity contribution in [3.8, 4) is 0 Å². The molecule has 0 bridgehead atoms. The second kappa shape index (κ2) is 8.55. The molecule has 1 aromatic rings. The van der Waals surface area contributed by atoms with Crippen LogP contribution in [0.4, 0.5) is 0 Å². The summed E-state index contributed by atoms with van der Waals surface area (Å²) in [5, 5.41) is 4.59. The Kier molecular flexibility index (Phi) is 7.04. The fourth-order valence-corrected chi connectivity index (χ4v) is 4.00. The monoisotopic (exact) mass is 371 g/mol. The average Bonchev–Trinajstić information content (AvgIpc) is 2.51. The Morgan fingerprint density at radius 3 is 2.81 bits per heavy atom. The van der Waals surface area contributed by atoms with Gasteiger partial charge in [0.2, 0.25) is 0 Å². The summed E-state index contributed by atoms with van der Waals surface area (Å²) in [5.74, 6) is 1.65. The SMILES string of the molecule is CCCNC(c1ccc(Br)c(Cl)c1)C1CCCC(CC)C1. The van der Waals surface area contributed by atoms with Crippen LogP contribution < -0.4 is 5.32 Å². The molecule has 1 aliphatic carbocycles. The van der Waals surface area contributed by atoms with Crippen molar-refractivity contribution in [3.63, 3.8) is 0 Å². The zero-order valence-corrected chi connectivity index (χ0v) is 15.5. The Bertz CT molecular complexity index is 449. The van der Waals surface area contributed by atoms with E-state index in [0.717, 1.165) is 27.9 Å². The fourth-order valence-electron chi connectivity index (χ4n) is 3.57. The fraction of sp³-hybridized carbons (Fsp3) is 0.667. The lowest BCUT2D eigenvalue weighted by atomic mass is 9.75. The molecule has 0 saturated heterocycles. The van der Waals surface area contributed by atoms with Crippen molar-refractivity contribution in [1.82, 2.24) is 5.32 Å². The van der Waals surface area contributed by atoms with Gasteiger partial charge in [0.1, 0.15) is 0 Å². The summed E-state index contributed by atoms with van der Waals surface area (Å²) >= 11 is 9.81. The molecule has 1 N–H and O–H groups in total. The maximum Gasteiger partial charge on any atom is 0.0551 e. The van der Waals surface area contributed by atoms with Crippen molar-refractivity contribution in [2.45, 2.75) is 58.4 Å². The molecule has 3 atom stereocenters. The minimum atomic E-state index is 0.449. The summed E-state index contributed by atoms with van der Waals surface area (Å²) in [6.07, 6.45) is 7.96. The molecule has 0 radical (unpaired) electrons. The maximum absolute atomic E-state index is 6.31. The van der Waals surface area contributed by atoms with Crippen molar-refractivity contribution in [1.29, 1.82) is 0 Å². The van der Waals surface area contributed by atoms with Gasteiger partial charge in [0.15, 0.2) is 0 Å². The number of rotatable bonds is 6. The van der Waals surface area contributed by atoms with E-state index in [1.807, 2.05) is 0 Å². The van der Waals surface area contributed by atoms with Crippen molar-refractivity contribution >= 4 is 27.5 Å². The van der Waals surface area contributed by atoms with Crippen molar-refractivity contribution in [3.05, 3.63) is 33.3 Å². The molecule has 0 aromatic heterocycles. The van der Waals surface area contributed by atoms with E-state index < -0.39 is 0 Å². The minimum Gasteiger partial charge on any atom is -0.310 e. The zero-order chi connectivity index (χ0) is 15.2. The highest BCUT2D eigenvalue weighted by Gasteiger charge is 2.28. The average molecular weight is 373 g/mol. The van der Waals surface area contributed by atoms with E-state index >= 15 is 0 Å². The number of benzene rings is 1. The van der Waals surface area contributed by atoms with Crippen molar-refractivity contribution in [2.75, 3.05) is 6.54 Å². The summed E-state index contributed by atoms with van der Waals surface area (Å²) in [4.78, 5) is 0. The van der Waals surface area contributed by atoms with Crippen LogP contribution in [0, 0.1) is 11.8 Å². The van der Waals surface area contributed by atoms with Gasteiger partial charge in [-0.15, -0.1) is 0 Å². The third kappa shape index (κ3) is 4.71. The Labute approximate surface area is 143 Å². The molecular formula is C18H27BrClN. The summed E-state index contributed by atoms with van der Waals surface area (Å²) in [7, 11) is 0. The number of nitrogens with one attached hydrogen (secondary N) is 1. The van der Waals surface area contributed by atoms with E-state index in [0.29, 0.717) is 6.04 Å². The molecule has 3 heteroatoms. The van der Waals surface area contributed by atoms with E-state index in [9.17, 15) is 0 Å². The predicted molar refractivity (Wildman–Crippen MR) is 95.9 cm³/mol. The van der Waals surface area contributed by atoms with Crippen LogP contribution in [0.3, 0.4) is 0 Å². The van der Waals surface area contributed by atoms with Gasteiger partial charge in [0, 0.05) is 10.5 Å². The van der Waals surface area contributed by atoms with E-state index in [1.54, 1.807) is 0 Å². The molecule has 1 nitrogen and oxygen atoms in total. The van der Waals surface area contributed by atoms with Gasteiger partial charge in [0.25, 0.3) is 0 Å². The van der Waals surface area contributed by atoms with Gasteiger partial charge < -0.3 is 5.32 Å². The molecular weight excluding hydrogens is 346 g/mol. The first kappa shape index (κ1) is 17.3. The molecule has 0 heterocycles. The van der Waals surface area contributed by atoms with E-state index in [4.69, 9.17) is 11.6 Å². The van der Waals surface area contributed by atoms with Gasteiger partial charge in [0.05, 0.1) is 5.02 Å². The topological polar surface area (TPSA) is 12.0 Å². The minimum absolute atomic E-state index is 0.449. The van der Waals surface area contributed by atoms with Crippen LogP contribution in [-0.4, -0.2) is 6.54 Å². The molecule has 1 saturated carbocycles. The maximum atomic E-state index is 6.31. The lowest BCUT2D eigenvalue weighted by Gasteiger charge is -2.35. The summed E-state index contributed by atoms with van der Waals surface area (Å²) in [5.41, 5.74) is 1.35. The van der Waals surface area contributed by atoms with Crippen molar-refractivity contribution < 1.29 is 0 Å². The van der Waals surface area contributed by atoms with Gasteiger partial charge in [-0.1, -0.05) is 50.8 Å². The Balaban J connectivity index is 2.18. The molecule has 2 rings (SSSR count). The zero-order valence-electron chi connectivity index (χ0n) is 13.2. The van der Waals surface area contributed by atoms with E-state index in [1.165, 1.54) is 44.1 Å². The highest BCUT2D eigenvalue weighted by atomic mass is 79.9. The van der Waals surface area contributed by atoms with Gasteiger partial charge in [-0.05, 0) is 71.3 Å². The quantitative estimate of drug-likeness (QED) is 0.612. The lowest BCUT2D eigenvalue weighted by molar-refractivity contribution is 0.209. The molecule has 21 heavy (non-hydrogen) atoms. The molecule has 0 aliphatic heterocycles. The third-order valence-electron chi connectivity index (χ3n) is 4.79. The van der Waals surface area contributed by atoms with Gasteiger partial charge in [-0.2, -0.15) is 0 Å². The summed E-state index contributed by atoms with van der Waals surface area (Å²) in [6.45, 7) is 5.64. The van der Waals surface area contributed by atoms with Crippen LogP contribution in [0.25, 0.3) is 0 Å². The van der Waals surface area contributed by atoms with Crippen LogP contribution in [-0.2, 0) is 0 Å². The normalized spacial score (nSPS) is 24.0. The Hall–Kier alpha value is -0.0500. The molecule has 0 spiro atoms. The van der Waals surface area contributed by atoms with Crippen LogP contribution >= 0.6 is 27.5 Å². The number of hydrogen-bond acceptors (Lipinski definition) is 1. The number of halogens is 2. The highest BCUT2D eigenvalue weighted by Crippen LogP contribution is 2.39. The number of hydrogen-bond donors (Lipinski definition) is 1. The molecule has 3 unspecified atom stereocenters. The van der Waals surface area contributed by atoms with E-state index in [-0.39, 0.29) is 0 Å². The second-order valence-corrected chi connectivity index (χ2v) is 7.57. The Morgan fingerprint density at radius 1 is 1.33 bits per heavy atom. The first-order valence-electron chi connectivity index (χ1n) is 8.34. The third-order valence-corrected chi connectivity index (χ3v) is 6.02. The second-order valence-electron chi connectivity index (χ2n) is 6.31. The largest absolute Gasteiger partial charge is 0.310 e. The molecule has 1 aromatic carbocycles. The molecule has 1 aliphatic rings. The van der Waals surface area contributed by atoms with Crippen LogP contribution in [0.2, 0.25) is 5.02 Å². The first-order chi connectivity index (χ1) is 10.2. The molecule has 118 valence electrons.